The van der Waals surface area contributed by atoms with Crippen molar-refractivity contribution in [2.24, 2.45) is 11.8 Å². The van der Waals surface area contributed by atoms with Crippen molar-refractivity contribution < 1.29 is 28.5 Å². The SMILES string of the molecule is COC(=O)Oc1sc(-c2ccccc2)cc1N(C(=O)C1CCC(C)CC1)C1CCC2(CC1)OCCO2. The van der Waals surface area contributed by atoms with Gasteiger partial charge in [0.05, 0.1) is 26.0 Å². The van der Waals surface area contributed by atoms with Gasteiger partial charge in [-0.2, -0.15) is 0 Å². The van der Waals surface area contributed by atoms with Crippen LogP contribution in [0.15, 0.2) is 36.4 Å². The zero-order valence-electron chi connectivity index (χ0n) is 21.1. The molecule has 1 saturated heterocycles. The lowest BCUT2D eigenvalue weighted by Gasteiger charge is -2.42. The monoisotopic (exact) mass is 513 g/mol. The summed E-state index contributed by atoms with van der Waals surface area (Å²) in [6.45, 7) is 3.50. The normalized spacial score (nSPS) is 23.9. The summed E-state index contributed by atoms with van der Waals surface area (Å²) in [6.07, 6.45) is 6.13. The maximum Gasteiger partial charge on any atom is 0.514 e. The lowest BCUT2D eigenvalue weighted by molar-refractivity contribution is -0.179. The Morgan fingerprint density at radius 3 is 2.31 bits per heavy atom. The van der Waals surface area contributed by atoms with Gasteiger partial charge in [0.25, 0.3) is 0 Å². The number of rotatable bonds is 5. The van der Waals surface area contributed by atoms with E-state index in [0.29, 0.717) is 29.9 Å². The van der Waals surface area contributed by atoms with E-state index in [-0.39, 0.29) is 17.9 Å². The minimum Gasteiger partial charge on any atom is -0.437 e. The zero-order chi connectivity index (χ0) is 25.1. The van der Waals surface area contributed by atoms with Crippen molar-refractivity contribution >= 4 is 29.1 Å². The molecule has 2 heterocycles. The number of hydrogen-bond acceptors (Lipinski definition) is 7. The van der Waals surface area contributed by atoms with E-state index in [1.807, 2.05) is 41.3 Å². The quantitative estimate of drug-likeness (QED) is 0.431. The van der Waals surface area contributed by atoms with Crippen molar-refractivity contribution in [3.63, 3.8) is 0 Å². The molecule has 5 rings (SSSR count). The fourth-order valence-corrected chi connectivity index (χ4v) is 6.75. The maximum atomic E-state index is 14.2. The highest BCUT2D eigenvalue weighted by Crippen LogP contribution is 2.47. The summed E-state index contributed by atoms with van der Waals surface area (Å²) in [5.74, 6) is 0.240. The topological polar surface area (TPSA) is 74.3 Å². The molecule has 8 heteroatoms. The first-order valence-corrected chi connectivity index (χ1v) is 13.9. The molecule has 36 heavy (non-hydrogen) atoms. The summed E-state index contributed by atoms with van der Waals surface area (Å²) >= 11 is 1.37. The number of anilines is 1. The molecule has 0 bridgehead atoms. The van der Waals surface area contributed by atoms with E-state index in [4.69, 9.17) is 18.9 Å². The Labute approximate surface area is 216 Å². The standard InChI is InChI=1S/C28H35NO6S/c1-19-8-10-21(11-9-19)25(30)29(22-12-14-28(15-13-22)33-16-17-34-28)23-18-24(20-6-4-3-5-7-20)36-26(23)35-27(31)32-2/h3-7,18-19,21-22H,8-17H2,1-2H3. The summed E-state index contributed by atoms with van der Waals surface area (Å²) < 4.78 is 22.3. The lowest BCUT2D eigenvalue weighted by atomic mass is 9.81. The molecule has 1 spiro atoms. The molecule has 3 fully saturated rings. The second-order valence-corrected chi connectivity index (χ2v) is 11.2. The van der Waals surface area contributed by atoms with E-state index in [1.54, 1.807) is 0 Å². The minimum atomic E-state index is -0.785. The van der Waals surface area contributed by atoms with E-state index in [2.05, 4.69) is 6.92 Å². The average Bonchev–Trinajstić information content (AvgIpc) is 3.54. The van der Waals surface area contributed by atoms with Crippen LogP contribution in [0.3, 0.4) is 0 Å². The van der Waals surface area contributed by atoms with E-state index >= 15 is 0 Å². The summed E-state index contributed by atoms with van der Waals surface area (Å²) in [5, 5.41) is 0.395. The molecule has 2 saturated carbocycles. The minimum absolute atomic E-state index is 0.0199. The molecule has 1 amide bonds. The highest BCUT2D eigenvalue weighted by molar-refractivity contribution is 7.18. The molecule has 3 aliphatic rings. The molecule has 0 atom stereocenters. The first-order chi connectivity index (χ1) is 17.5. The van der Waals surface area contributed by atoms with Crippen molar-refractivity contribution in [3.05, 3.63) is 36.4 Å². The van der Waals surface area contributed by atoms with Gasteiger partial charge in [0.2, 0.25) is 11.0 Å². The Bertz CT molecular complexity index is 1050. The highest BCUT2D eigenvalue weighted by Gasteiger charge is 2.44. The van der Waals surface area contributed by atoms with Crippen molar-refractivity contribution in [1.29, 1.82) is 0 Å². The number of amides is 1. The predicted molar refractivity (Wildman–Crippen MR) is 138 cm³/mol. The molecular formula is C28H35NO6S. The lowest BCUT2D eigenvalue weighted by Crippen LogP contribution is -2.49. The Morgan fingerprint density at radius 2 is 1.67 bits per heavy atom. The molecule has 0 unspecified atom stereocenters. The molecule has 2 aromatic rings. The van der Waals surface area contributed by atoms with Gasteiger partial charge in [-0.3, -0.25) is 4.79 Å². The van der Waals surface area contributed by atoms with Crippen LogP contribution in [0.1, 0.15) is 58.3 Å². The first-order valence-electron chi connectivity index (χ1n) is 13.0. The van der Waals surface area contributed by atoms with Crippen LogP contribution in [0.25, 0.3) is 10.4 Å². The van der Waals surface area contributed by atoms with Crippen LogP contribution in [-0.4, -0.2) is 44.2 Å². The molecule has 1 aromatic heterocycles. The van der Waals surface area contributed by atoms with Gasteiger partial charge >= 0.3 is 6.16 Å². The van der Waals surface area contributed by atoms with Gasteiger partial charge in [0.15, 0.2) is 5.79 Å². The molecule has 2 aliphatic carbocycles. The zero-order valence-corrected chi connectivity index (χ0v) is 21.9. The second kappa shape index (κ2) is 10.9. The fourth-order valence-electron chi connectivity index (χ4n) is 5.75. The van der Waals surface area contributed by atoms with Gasteiger partial charge in [-0.05, 0) is 56.1 Å². The Kier molecular flexibility index (Phi) is 7.65. The molecule has 1 aliphatic heterocycles. The third-order valence-corrected chi connectivity index (χ3v) is 8.89. The smallest absolute Gasteiger partial charge is 0.437 e. The van der Waals surface area contributed by atoms with Gasteiger partial charge in [0, 0.05) is 29.7 Å². The van der Waals surface area contributed by atoms with E-state index in [1.165, 1.54) is 18.4 Å². The number of ether oxygens (including phenoxy) is 4. The van der Waals surface area contributed by atoms with Crippen LogP contribution in [0.4, 0.5) is 10.5 Å². The second-order valence-electron chi connectivity index (χ2n) is 10.2. The first kappa shape index (κ1) is 25.2. The number of thiophene rings is 1. The van der Waals surface area contributed by atoms with Gasteiger partial charge in [-0.15, -0.1) is 0 Å². The van der Waals surface area contributed by atoms with Crippen LogP contribution < -0.4 is 9.64 Å². The largest absolute Gasteiger partial charge is 0.514 e. The van der Waals surface area contributed by atoms with Crippen LogP contribution >= 0.6 is 11.3 Å². The summed E-state index contributed by atoms with van der Waals surface area (Å²) in [7, 11) is 1.29. The molecule has 194 valence electrons. The number of hydrogen-bond donors (Lipinski definition) is 0. The highest BCUT2D eigenvalue weighted by atomic mass is 32.1. The molecular weight excluding hydrogens is 478 g/mol. The summed E-state index contributed by atoms with van der Waals surface area (Å²) in [4.78, 5) is 29.2. The number of nitrogens with zero attached hydrogens (tertiary/aromatic N) is 1. The summed E-state index contributed by atoms with van der Waals surface area (Å²) in [6, 6.07) is 11.9. The number of methoxy groups -OCH3 is 1. The molecule has 0 radical (unpaired) electrons. The van der Waals surface area contributed by atoms with Gasteiger partial charge < -0.3 is 23.8 Å². The van der Waals surface area contributed by atoms with Crippen LogP contribution in [-0.2, 0) is 19.0 Å². The van der Waals surface area contributed by atoms with Gasteiger partial charge in [-0.25, -0.2) is 4.79 Å². The number of carbonyl (C=O) groups is 2. The number of carbonyl (C=O) groups excluding carboxylic acids is 2. The molecule has 0 N–H and O–H groups in total. The third-order valence-electron chi connectivity index (χ3n) is 7.84. The van der Waals surface area contributed by atoms with Crippen LogP contribution in [0.5, 0.6) is 5.06 Å². The Hall–Kier alpha value is -2.42. The fraction of sp³-hybridized carbons (Fsp3) is 0.571. The van der Waals surface area contributed by atoms with E-state index in [0.717, 1.165) is 61.8 Å². The van der Waals surface area contributed by atoms with Crippen LogP contribution in [0.2, 0.25) is 0 Å². The van der Waals surface area contributed by atoms with E-state index < -0.39 is 11.9 Å². The van der Waals surface area contributed by atoms with Crippen molar-refractivity contribution in [1.82, 2.24) is 0 Å². The number of benzene rings is 1. The predicted octanol–water partition coefficient (Wildman–Crippen LogP) is 6.41. The van der Waals surface area contributed by atoms with Gasteiger partial charge in [-0.1, -0.05) is 48.6 Å². The Morgan fingerprint density at radius 1 is 1.00 bits per heavy atom. The van der Waals surface area contributed by atoms with E-state index in [9.17, 15) is 9.59 Å². The summed E-state index contributed by atoms with van der Waals surface area (Å²) in [5.41, 5.74) is 1.67. The van der Waals surface area contributed by atoms with Crippen LogP contribution in [0, 0.1) is 11.8 Å². The third kappa shape index (κ3) is 5.31. The van der Waals surface area contributed by atoms with Crippen molar-refractivity contribution in [2.45, 2.75) is 70.1 Å². The maximum absolute atomic E-state index is 14.2. The van der Waals surface area contributed by atoms with Crippen molar-refractivity contribution in [3.8, 4) is 15.5 Å². The van der Waals surface area contributed by atoms with Gasteiger partial charge in [0.1, 0.15) is 0 Å². The molecule has 7 nitrogen and oxygen atoms in total. The van der Waals surface area contributed by atoms with Crippen molar-refractivity contribution in [2.75, 3.05) is 25.2 Å². The average molecular weight is 514 g/mol. The Balaban J connectivity index is 1.50. The molecule has 1 aromatic carbocycles.